The number of piperidine rings is 2. The number of ether oxygens (including phenoxy) is 3. The zero-order chi connectivity index (χ0) is 34.7. The first-order chi connectivity index (χ1) is 23.0. The summed E-state index contributed by atoms with van der Waals surface area (Å²) in [4.78, 5) is 59.8. The number of halogens is 1. The van der Waals surface area contributed by atoms with E-state index in [0.29, 0.717) is 56.3 Å². The van der Waals surface area contributed by atoms with Gasteiger partial charge in [0.1, 0.15) is 30.4 Å². The molecule has 2 atom stereocenters. The smallest absolute Gasteiger partial charge is 0.410 e. The molecular weight excluding hydrogens is 617 g/mol. The van der Waals surface area contributed by atoms with Gasteiger partial charge in [-0.2, -0.15) is 0 Å². The summed E-state index contributed by atoms with van der Waals surface area (Å²) < 4.78 is 28.9. The van der Waals surface area contributed by atoms with Crippen LogP contribution in [0.3, 0.4) is 0 Å². The zero-order valence-corrected chi connectivity index (χ0v) is 28.8. The summed E-state index contributed by atoms with van der Waals surface area (Å²) in [5, 5.41) is 0. The third-order valence-corrected chi connectivity index (χ3v) is 9.11. The lowest BCUT2D eigenvalue weighted by Gasteiger charge is -2.35. The number of ketones is 1. The summed E-state index contributed by atoms with van der Waals surface area (Å²) in [6.45, 7) is 7.13. The lowest BCUT2D eigenvalue weighted by molar-refractivity contribution is -0.141. The first kappa shape index (κ1) is 36.8. The maximum atomic E-state index is 13.7. The molecule has 0 spiro atoms. The minimum Gasteiger partial charge on any atom is -0.490 e. The predicted octanol–water partition coefficient (Wildman–Crippen LogP) is 6.37. The molecule has 0 N–H and O–H groups in total. The predicted molar refractivity (Wildman–Crippen MR) is 179 cm³/mol. The molecule has 0 aliphatic carbocycles. The van der Waals surface area contributed by atoms with E-state index in [0.717, 1.165) is 36.8 Å². The first-order valence-electron chi connectivity index (χ1n) is 17.1. The van der Waals surface area contributed by atoms with Gasteiger partial charge in [-0.1, -0.05) is 18.2 Å². The fraction of sp³-hybridized carbons (Fsp3) is 0.595. The molecule has 2 saturated heterocycles. The Morgan fingerprint density at radius 2 is 1.75 bits per heavy atom. The number of amides is 2. The Morgan fingerprint density at radius 1 is 1.00 bits per heavy atom. The summed E-state index contributed by atoms with van der Waals surface area (Å²) in [7, 11) is 1.32. The lowest BCUT2D eigenvalue weighted by atomic mass is 9.84. The molecule has 262 valence electrons. The minimum absolute atomic E-state index is 0.00741. The molecule has 0 bridgehead atoms. The number of hydrogen-bond acceptors (Lipinski definition) is 8. The van der Waals surface area contributed by atoms with Gasteiger partial charge in [0, 0.05) is 74.4 Å². The maximum Gasteiger partial charge on any atom is 0.410 e. The summed E-state index contributed by atoms with van der Waals surface area (Å²) >= 11 is 0. The highest BCUT2D eigenvalue weighted by atomic mass is 19.1. The monoisotopic (exact) mass is 667 g/mol. The molecule has 1 aromatic heterocycles. The molecule has 10 nitrogen and oxygen atoms in total. The number of carbonyl (C=O) groups is 4. The topological polar surface area (TPSA) is 115 Å². The van der Waals surface area contributed by atoms with E-state index < -0.39 is 24.2 Å². The van der Waals surface area contributed by atoms with Crippen molar-refractivity contribution in [2.45, 2.75) is 83.7 Å². The Labute approximate surface area is 283 Å². The van der Waals surface area contributed by atoms with Crippen LogP contribution in [0.15, 0.2) is 42.7 Å². The summed E-state index contributed by atoms with van der Waals surface area (Å²) in [6, 6.07) is 9.17. The largest absolute Gasteiger partial charge is 0.490 e. The molecule has 1 aromatic carbocycles. The lowest BCUT2D eigenvalue weighted by Crippen LogP contribution is -2.43. The van der Waals surface area contributed by atoms with Crippen molar-refractivity contribution in [3.05, 3.63) is 48.3 Å². The molecule has 0 radical (unpaired) electrons. The molecule has 2 aliphatic rings. The number of carbonyl (C=O) groups excluding carboxylic acids is 4. The standard InChI is InChI=1S/C37H50FN3O7/c1-37(2,3)48-36(45)40-17-13-26(14-18-40)11-12-34(43)41-16-7-8-27(25-41)32(42)21-28(22-35(44)46-4)29-20-30(24-39-23-29)31-9-5-6-10-33(31)47-19-15-38/h5-6,9-10,20,23-24,26-28H,7-8,11-19,21-22,25H2,1-4H3/t27-,28+/m1/s1. The van der Waals surface area contributed by atoms with Crippen molar-refractivity contribution < 1.29 is 37.8 Å². The van der Waals surface area contributed by atoms with Crippen LogP contribution in [-0.4, -0.2) is 90.7 Å². The number of alkyl halides is 1. The summed E-state index contributed by atoms with van der Waals surface area (Å²) in [6.07, 6.45) is 7.43. The van der Waals surface area contributed by atoms with E-state index >= 15 is 0 Å². The molecule has 2 aliphatic heterocycles. The number of pyridine rings is 1. The fourth-order valence-electron chi connectivity index (χ4n) is 6.49. The highest BCUT2D eigenvalue weighted by Crippen LogP contribution is 2.34. The Hall–Kier alpha value is -4.02. The van der Waals surface area contributed by atoms with E-state index in [4.69, 9.17) is 14.2 Å². The van der Waals surface area contributed by atoms with Crippen molar-refractivity contribution >= 4 is 23.8 Å². The molecule has 4 rings (SSSR count). The number of esters is 1. The Bertz CT molecular complexity index is 1400. The van der Waals surface area contributed by atoms with Gasteiger partial charge in [0.25, 0.3) is 0 Å². The second-order valence-corrected chi connectivity index (χ2v) is 13.8. The van der Waals surface area contributed by atoms with Crippen LogP contribution in [0.1, 0.15) is 83.6 Å². The normalized spacial score (nSPS) is 17.8. The van der Waals surface area contributed by atoms with Crippen LogP contribution in [0.4, 0.5) is 9.18 Å². The van der Waals surface area contributed by atoms with Gasteiger partial charge < -0.3 is 24.0 Å². The summed E-state index contributed by atoms with van der Waals surface area (Å²) in [5.74, 6) is -0.262. The van der Waals surface area contributed by atoms with Gasteiger partial charge in [0.05, 0.1) is 13.5 Å². The van der Waals surface area contributed by atoms with E-state index in [-0.39, 0.29) is 43.2 Å². The number of likely N-dealkylation sites (tertiary alicyclic amines) is 2. The second-order valence-electron chi connectivity index (χ2n) is 13.8. The number of nitrogens with zero attached hydrogens (tertiary/aromatic N) is 3. The number of hydrogen-bond donors (Lipinski definition) is 0. The van der Waals surface area contributed by atoms with Gasteiger partial charge in [-0.3, -0.25) is 19.4 Å². The molecule has 0 unspecified atom stereocenters. The van der Waals surface area contributed by atoms with Gasteiger partial charge in [-0.25, -0.2) is 9.18 Å². The zero-order valence-electron chi connectivity index (χ0n) is 28.8. The van der Waals surface area contributed by atoms with Crippen LogP contribution in [0, 0.1) is 11.8 Å². The Balaban J connectivity index is 1.35. The molecule has 2 amide bonds. The molecule has 2 fully saturated rings. The van der Waals surface area contributed by atoms with E-state index in [2.05, 4.69) is 4.98 Å². The van der Waals surface area contributed by atoms with Crippen LogP contribution < -0.4 is 4.74 Å². The van der Waals surface area contributed by atoms with Gasteiger partial charge in [-0.05, 0) is 76.5 Å². The molecule has 3 heterocycles. The molecule has 2 aromatic rings. The number of aromatic nitrogens is 1. The van der Waals surface area contributed by atoms with Crippen LogP contribution in [0.25, 0.3) is 11.1 Å². The van der Waals surface area contributed by atoms with Crippen LogP contribution >= 0.6 is 0 Å². The average molecular weight is 668 g/mol. The summed E-state index contributed by atoms with van der Waals surface area (Å²) in [5.41, 5.74) is 1.65. The van der Waals surface area contributed by atoms with Crippen molar-refractivity contribution in [2.75, 3.05) is 46.6 Å². The first-order valence-corrected chi connectivity index (χ1v) is 17.1. The maximum absolute atomic E-state index is 13.7. The molecule has 11 heteroatoms. The molecular formula is C37H50FN3O7. The van der Waals surface area contributed by atoms with Gasteiger partial charge in [0.15, 0.2) is 0 Å². The van der Waals surface area contributed by atoms with Crippen molar-refractivity contribution in [2.24, 2.45) is 11.8 Å². The number of para-hydroxylation sites is 1. The SMILES string of the molecule is COC(=O)C[C@H](CC(=O)[C@@H]1CCCN(C(=O)CCC2CCN(C(=O)OC(C)(C)C)CC2)C1)c1cncc(-c2ccccc2OCCF)c1. The molecule has 48 heavy (non-hydrogen) atoms. The van der Waals surface area contributed by atoms with E-state index in [1.807, 2.05) is 49.9 Å². The quantitative estimate of drug-likeness (QED) is 0.227. The Morgan fingerprint density at radius 3 is 2.46 bits per heavy atom. The average Bonchev–Trinajstić information content (AvgIpc) is 3.09. The van der Waals surface area contributed by atoms with E-state index in [9.17, 15) is 23.6 Å². The second kappa shape index (κ2) is 17.4. The van der Waals surface area contributed by atoms with Gasteiger partial charge >= 0.3 is 12.1 Å². The van der Waals surface area contributed by atoms with Crippen LogP contribution in [-0.2, 0) is 23.9 Å². The number of benzene rings is 1. The number of Topliss-reactive ketones (excluding diaryl/α,β-unsaturated/α-hetero) is 1. The van der Waals surface area contributed by atoms with Crippen molar-refractivity contribution in [3.63, 3.8) is 0 Å². The van der Waals surface area contributed by atoms with Gasteiger partial charge in [-0.15, -0.1) is 0 Å². The highest BCUT2D eigenvalue weighted by molar-refractivity contribution is 5.84. The van der Waals surface area contributed by atoms with Gasteiger partial charge in [0.2, 0.25) is 5.91 Å². The van der Waals surface area contributed by atoms with Crippen molar-refractivity contribution in [1.29, 1.82) is 0 Å². The van der Waals surface area contributed by atoms with Crippen LogP contribution in [0.5, 0.6) is 5.75 Å². The third-order valence-electron chi connectivity index (χ3n) is 9.11. The number of methoxy groups -OCH3 is 1. The third kappa shape index (κ3) is 10.8. The molecule has 0 saturated carbocycles. The van der Waals surface area contributed by atoms with E-state index in [1.54, 1.807) is 23.4 Å². The van der Waals surface area contributed by atoms with E-state index in [1.165, 1.54) is 7.11 Å². The fourth-order valence-corrected chi connectivity index (χ4v) is 6.49. The van der Waals surface area contributed by atoms with Crippen molar-refractivity contribution in [3.8, 4) is 16.9 Å². The van der Waals surface area contributed by atoms with Crippen LogP contribution in [0.2, 0.25) is 0 Å². The number of rotatable bonds is 13. The highest BCUT2D eigenvalue weighted by Gasteiger charge is 2.32. The Kier molecular flexibility index (Phi) is 13.3. The minimum atomic E-state index is -0.614. The van der Waals surface area contributed by atoms with Crippen molar-refractivity contribution in [1.82, 2.24) is 14.8 Å².